The van der Waals surface area contributed by atoms with E-state index in [1.165, 1.54) is 36.5 Å². The molecule has 0 saturated carbocycles. The van der Waals surface area contributed by atoms with E-state index in [4.69, 9.17) is 4.52 Å². The summed E-state index contributed by atoms with van der Waals surface area (Å²) in [5.41, 5.74) is 2.05. The van der Waals surface area contributed by atoms with Crippen LogP contribution >= 0.6 is 11.8 Å². The second-order valence-corrected chi connectivity index (χ2v) is 11.5. The Morgan fingerprint density at radius 1 is 1.09 bits per heavy atom. The van der Waals surface area contributed by atoms with Crippen molar-refractivity contribution in [1.82, 2.24) is 19.8 Å². The minimum Gasteiger partial charge on any atom is -0.346 e. The zero-order valence-corrected chi connectivity index (χ0v) is 21.0. The van der Waals surface area contributed by atoms with E-state index in [2.05, 4.69) is 36.2 Å². The third-order valence-corrected chi connectivity index (χ3v) is 7.61. The van der Waals surface area contributed by atoms with Gasteiger partial charge < -0.3 is 9.84 Å². The molecule has 0 aliphatic rings. The van der Waals surface area contributed by atoms with Gasteiger partial charge in [0.25, 0.3) is 0 Å². The highest BCUT2D eigenvalue weighted by Gasteiger charge is 2.23. The number of benzene rings is 2. The Kier molecular flexibility index (Phi) is 7.61. The lowest BCUT2D eigenvalue weighted by Gasteiger charge is -2.18. The Hall–Kier alpha value is -2.69. The van der Waals surface area contributed by atoms with Gasteiger partial charge in [-0.2, -0.15) is 9.29 Å². The molecule has 3 rings (SSSR count). The number of nitrogens with one attached hydrogen (secondary N) is 1. The van der Waals surface area contributed by atoms with Crippen LogP contribution in [0.4, 0.5) is 0 Å². The topological polar surface area (TPSA) is 105 Å². The summed E-state index contributed by atoms with van der Waals surface area (Å²) in [4.78, 5) is 17.7. The van der Waals surface area contributed by atoms with Gasteiger partial charge in [0.05, 0.1) is 18.0 Å². The Bertz CT molecular complexity index is 1200. The zero-order valence-electron chi connectivity index (χ0n) is 19.3. The minimum atomic E-state index is -3.78. The Morgan fingerprint density at radius 3 is 2.30 bits per heavy atom. The highest BCUT2D eigenvalue weighted by Crippen LogP contribution is 2.25. The lowest BCUT2D eigenvalue weighted by atomic mass is 9.87. The Balaban J connectivity index is 1.57. The van der Waals surface area contributed by atoms with Crippen LogP contribution in [0.5, 0.6) is 0 Å². The summed E-state index contributed by atoms with van der Waals surface area (Å²) in [6, 6.07) is 14.4. The summed E-state index contributed by atoms with van der Waals surface area (Å²) in [5, 5.41) is 6.59. The number of amides is 1. The van der Waals surface area contributed by atoms with Crippen LogP contribution in [0.15, 0.2) is 62.8 Å². The molecule has 10 heteroatoms. The smallest absolute Gasteiger partial charge is 0.246 e. The van der Waals surface area contributed by atoms with Crippen LogP contribution in [-0.4, -0.2) is 48.6 Å². The molecule has 0 saturated heterocycles. The van der Waals surface area contributed by atoms with E-state index in [0.29, 0.717) is 5.82 Å². The lowest BCUT2D eigenvalue weighted by Crippen LogP contribution is -2.38. The van der Waals surface area contributed by atoms with E-state index in [0.717, 1.165) is 14.8 Å². The molecule has 0 radical (unpaired) electrons. The van der Waals surface area contributed by atoms with Gasteiger partial charge in [0.15, 0.2) is 0 Å². The zero-order chi connectivity index (χ0) is 24.2. The van der Waals surface area contributed by atoms with Crippen LogP contribution in [-0.2, 0) is 26.8 Å². The molecule has 1 heterocycles. The fourth-order valence-corrected chi connectivity index (χ4v) is 4.54. The van der Waals surface area contributed by atoms with E-state index in [1.54, 1.807) is 12.1 Å². The Labute approximate surface area is 198 Å². The monoisotopic (exact) mass is 488 g/mol. The van der Waals surface area contributed by atoms with Gasteiger partial charge >= 0.3 is 0 Å². The predicted molar refractivity (Wildman–Crippen MR) is 128 cm³/mol. The maximum absolute atomic E-state index is 12.7. The average Bonchev–Trinajstić information content (AvgIpc) is 3.26. The molecule has 0 bridgehead atoms. The van der Waals surface area contributed by atoms with Crippen LogP contribution in [0.2, 0.25) is 0 Å². The van der Waals surface area contributed by atoms with Gasteiger partial charge in [0, 0.05) is 17.5 Å². The highest BCUT2D eigenvalue weighted by molar-refractivity contribution is 7.98. The molecule has 0 fully saturated rings. The molecule has 1 aromatic heterocycles. The first kappa shape index (κ1) is 24.9. The largest absolute Gasteiger partial charge is 0.346 e. The lowest BCUT2D eigenvalue weighted by molar-refractivity contribution is -0.121. The molecule has 176 valence electrons. The number of likely N-dealkylation sites (N-methyl/N-ethyl adjacent to an activating group) is 1. The SMILES string of the molecule is CSc1ccc(S(=O)(=O)N(C)CC(=O)NCc2nc(-c3ccc(C(C)(C)C)cc3)no2)cc1. The van der Waals surface area contributed by atoms with Gasteiger partial charge in [-0.25, -0.2) is 8.42 Å². The van der Waals surface area contributed by atoms with E-state index >= 15 is 0 Å². The summed E-state index contributed by atoms with van der Waals surface area (Å²) in [6.07, 6.45) is 1.91. The van der Waals surface area contributed by atoms with E-state index < -0.39 is 15.9 Å². The fourth-order valence-electron chi connectivity index (χ4n) is 3.01. The summed E-state index contributed by atoms with van der Waals surface area (Å²) >= 11 is 1.52. The number of carbonyl (C=O) groups excluding carboxylic acids is 1. The van der Waals surface area contributed by atoms with Crippen molar-refractivity contribution in [3.63, 3.8) is 0 Å². The molecule has 1 N–H and O–H groups in total. The molecule has 0 unspecified atom stereocenters. The van der Waals surface area contributed by atoms with Crippen molar-refractivity contribution in [3.05, 3.63) is 60.0 Å². The molecule has 3 aromatic rings. The minimum absolute atomic E-state index is 0.00220. The summed E-state index contributed by atoms with van der Waals surface area (Å²) in [7, 11) is -2.41. The number of aromatic nitrogens is 2. The predicted octanol–water partition coefficient (Wildman–Crippen LogP) is 3.69. The van der Waals surface area contributed by atoms with Crippen molar-refractivity contribution in [2.24, 2.45) is 0 Å². The number of hydrogen-bond acceptors (Lipinski definition) is 7. The first-order valence-corrected chi connectivity index (χ1v) is 13.0. The first-order valence-electron chi connectivity index (χ1n) is 10.3. The number of sulfonamides is 1. The third-order valence-electron chi connectivity index (χ3n) is 5.05. The van der Waals surface area contributed by atoms with Gasteiger partial charge in [-0.05, 0) is 41.5 Å². The van der Waals surface area contributed by atoms with E-state index in [1.807, 2.05) is 30.5 Å². The van der Waals surface area contributed by atoms with Crippen LogP contribution < -0.4 is 5.32 Å². The third kappa shape index (κ3) is 6.21. The number of rotatable bonds is 8. The number of carbonyl (C=O) groups is 1. The molecular formula is C23H28N4O4S2. The molecule has 0 aliphatic carbocycles. The standard InChI is InChI=1S/C23H28N4O4S2/c1-23(2,3)17-8-6-16(7-9-17)22-25-21(31-26-22)14-24-20(28)15-27(4)33(29,30)19-12-10-18(32-5)11-13-19/h6-13H,14-15H2,1-5H3,(H,24,28). The van der Waals surface area contributed by atoms with Crippen molar-refractivity contribution in [2.45, 2.75) is 42.5 Å². The number of thioether (sulfide) groups is 1. The summed E-state index contributed by atoms with van der Waals surface area (Å²) in [5.74, 6) is 0.181. The van der Waals surface area contributed by atoms with Crippen LogP contribution in [0, 0.1) is 0 Å². The number of nitrogens with zero attached hydrogens (tertiary/aromatic N) is 3. The van der Waals surface area contributed by atoms with E-state index in [-0.39, 0.29) is 29.3 Å². The molecule has 2 aromatic carbocycles. The van der Waals surface area contributed by atoms with Crippen molar-refractivity contribution < 1.29 is 17.7 Å². The number of hydrogen-bond donors (Lipinski definition) is 1. The Morgan fingerprint density at radius 2 is 1.73 bits per heavy atom. The van der Waals surface area contributed by atoms with Crippen molar-refractivity contribution in [2.75, 3.05) is 19.8 Å². The van der Waals surface area contributed by atoms with Gasteiger partial charge in [0.1, 0.15) is 0 Å². The molecule has 33 heavy (non-hydrogen) atoms. The highest BCUT2D eigenvalue weighted by atomic mass is 32.2. The molecule has 8 nitrogen and oxygen atoms in total. The summed E-state index contributed by atoms with van der Waals surface area (Å²) in [6.45, 7) is 6.09. The van der Waals surface area contributed by atoms with Crippen molar-refractivity contribution in [3.8, 4) is 11.4 Å². The molecule has 1 amide bonds. The van der Waals surface area contributed by atoms with Crippen molar-refractivity contribution in [1.29, 1.82) is 0 Å². The van der Waals surface area contributed by atoms with Gasteiger partial charge in [-0.1, -0.05) is 50.2 Å². The first-order chi connectivity index (χ1) is 15.5. The quantitative estimate of drug-likeness (QED) is 0.482. The van der Waals surface area contributed by atoms with Gasteiger partial charge in [0.2, 0.25) is 27.6 Å². The maximum Gasteiger partial charge on any atom is 0.246 e. The normalized spacial score (nSPS) is 12.2. The van der Waals surface area contributed by atoms with Crippen LogP contribution in [0.25, 0.3) is 11.4 Å². The second kappa shape index (κ2) is 10.1. The molecule has 0 spiro atoms. The molecule has 0 atom stereocenters. The van der Waals surface area contributed by atoms with Crippen LogP contribution in [0.1, 0.15) is 32.2 Å². The van der Waals surface area contributed by atoms with Crippen molar-refractivity contribution >= 4 is 27.7 Å². The van der Waals surface area contributed by atoms with Gasteiger partial charge in [-0.15, -0.1) is 11.8 Å². The van der Waals surface area contributed by atoms with E-state index in [9.17, 15) is 13.2 Å². The average molecular weight is 489 g/mol. The van der Waals surface area contributed by atoms with Crippen LogP contribution in [0.3, 0.4) is 0 Å². The second-order valence-electron chi connectivity index (χ2n) is 8.55. The van der Waals surface area contributed by atoms with Gasteiger partial charge in [-0.3, -0.25) is 4.79 Å². The molecular weight excluding hydrogens is 460 g/mol. The molecule has 0 aliphatic heterocycles. The fraction of sp³-hybridized carbons (Fsp3) is 0.348. The maximum atomic E-state index is 12.7. The summed E-state index contributed by atoms with van der Waals surface area (Å²) < 4.78 is 31.6.